The summed E-state index contributed by atoms with van der Waals surface area (Å²) >= 11 is 5.96. The number of halogens is 1. The highest BCUT2D eigenvalue weighted by Gasteiger charge is 2.22. The third kappa shape index (κ3) is 2.22. The van der Waals surface area contributed by atoms with E-state index in [1.807, 2.05) is 37.3 Å². The van der Waals surface area contributed by atoms with Crippen LogP contribution in [0.5, 0.6) is 5.75 Å². The second-order valence-corrected chi connectivity index (χ2v) is 5.27. The summed E-state index contributed by atoms with van der Waals surface area (Å²) in [5.41, 5.74) is 3.85. The molecule has 0 radical (unpaired) electrons. The van der Waals surface area contributed by atoms with Crippen LogP contribution in [0.1, 0.15) is 28.4 Å². The van der Waals surface area contributed by atoms with Crippen molar-refractivity contribution >= 4 is 11.6 Å². The Hall–Kier alpha value is -1.51. The quantitative estimate of drug-likeness (QED) is 0.905. The molecule has 1 unspecified atom stereocenters. The molecule has 2 aromatic carbocycles. The summed E-state index contributed by atoms with van der Waals surface area (Å²) in [5, 5.41) is 11.3. The van der Waals surface area contributed by atoms with Crippen molar-refractivity contribution in [3.05, 3.63) is 63.7 Å². The highest BCUT2D eigenvalue weighted by atomic mass is 35.5. The standard InChI is InChI=1S/C16H15ClO2/c1-10-9-12(17)5-6-13(10)15(18)14-4-2-3-11-7-8-19-16(11)14/h2-6,9,15,18H,7-8H2,1H3. The number of aliphatic hydroxyl groups excluding tert-OH is 1. The van der Waals surface area contributed by atoms with Crippen molar-refractivity contribution in [2.45, 2.75) is 19.4 Å². The first-order chi connectivity index (χ1) is 9.16. The zero-order valence-corrected chi connectivity index (χ0v) is 11.4. The maximum atomic E-state index is 10.6. The lowest BCUT2D eigenvalue weighted by molar-refractivity contribution is 0.213. The van der Waals surface area contributed by atoms with Gasteiger partial charge in [-0.1, -0.05) is 35.9 Å². The fourth-order valence-electron chi connectivity index (χ4n) is 2.57. The number of benzene rings is 2. The molecule has 1 aliphatic rings. The molecule has 0 fully saturated rings. The van der Waals surface area contributed by atoms with Gasteiger partial charge in [0.1, 0.15) is 11.9 Å². The van der Waals surface area contributed by atoms with Crippen molar-refractivity contribution in [2.24, 2.45) is 0 Å². The lowest BCUT2D eigenvalue weighted by Gasteiger charge is -2.17. The second-order valence-electron chi connectivity index (χ2n) is 4.84. The topological polar surface area (TPSA) is 29.5 Å². The molecule has 19 heavy (non-hydrogen) atoms. The van der Waals surface area contributed by atoms with Gasteiger partial charge in [0.15, 0.2) is 0 Å². The highest BCUT2D eigenvalue weighted by Crippen LogP contribution is 2.37. The second kappa shape index (κ2) is 4.87. The van der Waals surface area contributed by atoms with Crippen molar-refractivity contribution in [2.75, 3.05) is 6.61 Å². The molecule has 1 atom stereocenters. The Bertz CT molecular complexity index is 622. The van der Waals surface area contributed by atoms with Crippen LogP contribution in [-0.2, 0) is 6.42 Å². The number of rotatable bonds is 2. The first kappa shape index (κ1) is 12.5. The van der Waals surface area contributed by atoms with E-state index < -0.39 is 6.10 Å². The van der Waals surface area contributed by atoms with Crippen molar-refractivity contribution in [1.29, 1.82) is 0 Å². The Morgan fingerprint density at radius 2 is 2.05 bits per heavy atom. The molecule has 0 saturated heterocycles. The average molecular weight is 275 g/mol. The number of para-hydroxylation sites is 1. The van der Waals surface area contributed by atoms with E-state index in [2.05, 4.69) is 0 Å². The van der Waals surface area contributed by atoms with E-state index in [1.165, 1.54) is 5.56 Å². The molecule has 3 rings (SSSR count). The van der Waals surface area contributed by atoms with Crippen LogP contribution >= 0.6 is 11.6 Å². The van der Waals surface area contributed by atoms with Crippen molar-refractivity contribution in [1.82, 2.24) is 0 Å². The summed E-state index contributed by atoms with van der Waals surface area (Å²) < 4.78 is 5.65. The summed E-state index contributed by atoms with van der Waals surface area (Å²) in [7, 11) is 0. The van der Waals surface area contributed by atoms with Crippen molar-refractivity contribution in [3.63, 3.8) is 0 Å². The van der Waals surface area contributed by atoms with E-state index in [4.69, 9.17) is 16.3 Å². The minimum absolute atomic E-state index is 0.676. The number of aryl methyl sites for hydroxylation is 1. The number of hydrogen-bond acceptors (Lipinski definition) is 2. The zero-order chi connectivity index (χ0) is 13.4. The van der Waals surface area contributed by atoms with E-state index in [9.17, 15) is 5.11 Å². The van der Waals surface area contributed by atoms with Gasteiger partial charge in [-0.05, 0) is 35.7 Å². The number of fused-ring (bicyclic) bond motifs is 1. The first-order valence-corrected chi connectivity index (χ1v) is 6.73. The molecule has 3 heteroatoms. The number of aliphatic hydroxyl groups is 1. The van der Waals surface area contributed by atoms with Gasteiger partial charge in [-0.3, -0.25) is 0 Å². The van der Waals surface area contributed by atoms with Crippen LogP contribution in [0.25, 0.3) is 0 Å². The fraction of sp³-hybridized carbons (Fsp3) is 0.250. The van der Waals surface area contributed by atoms with Gasteiger partial charge in [-0.2, -0.15) is 0 Å². The third-order valence-electron chi connectivity index (χ3n) is 3.57. The van der Waals surface area contributed by atoms with Crippen molar-refractivity contribution in [3.8, 4) is 5.75 Å². The van der Waals surface area contributed by atoms with E-state index >= 15 is 0 Å². The van der Waals surface area contributed by atoms with Gasteiger partial charge in [0.05, 0.1) is 6.61 Å². The Labute approximate surface area is 117 Å². The largest absolute Gasteiger partial charge is 0.493 e. The van der Waals surface area contributed by atoms with E-state index in [0.717, 1.165) is 28.9 Å². The molecule has 1 heterocycles. The normalized spacial score (nSPS) is 14.9. The number of hydrogen-bond donors (Lipinski definition) is 1. The fourth-order valence-corrected chi connectivity index (χ4v) is 2.80. The monoisotopic (exact) mass is 274 g/mol. The van der Waals surface area contributed by atoms with Crippen LogP contribution < -0.4 is 4.74 Å². The molecule has 0 amide bonds. The maximum absolute atomic E-state index is 10.6. The summed E-state index contributed by atoms with van der Waals surface area (Å²) in [6, 6.07) is 11.5. The molecule has 1 N–H and O–H groups in total. The van der Waals surface area contributed by atoms with Gasteiger partial charge >= 0.3 is 0 Å². The van der Waals surface area contributed by atoms with Gasteiger partial charge in [0, 0.05) is 17.0 Å². The van der Waals surface area contributed by atoms with E-state index in [1.54, 1.807) is 6.07 Å². The van der Waals surface area contributed by atoms with E-state index in [-0.39, 0.29) is 0 Å². The Morgan fingerprint density at radius 3 is 2.84 bits per heavy atom. The smallest absolute Gasteiger partial charge is 0.128 e. The van der Waals surface area contributed by atoms with Crippen LogP contribution in [0, 0.1) is 6.92 Å². The van der Waals surface area contributed by atoms with Gasteiger partial charge in [-0.25, -0.2) is 0 Å². The molecule has 0 aliphatic carbocycles. The SMILES string of the molecule is Cc1cc(Cl)ccc1C(O)c1cccc2c1OCC2. The lowest BCUT2D eigenvalue weighted by atomic mass is 9.95. The third-order valence-corrected chi connectivity index (χ3v) is 3.80. The Morgan fingerprint density at radius 1 is 1.21 bits per heavy atom. The Kier molecular flexibility index (Phi) is 3.21. The predicted molar refractivity (Wildman–Crippen MR) is 75.9 cm³/mol. The molecule has 0 aromatic heterocycles. The summed E-state index contributed by atoms with van der Waals surface area (Å²) in [6.07, 6.45) is 0.237. The Balaban J connectivity index is 2.05. The summed E-state index contributed by atoms with van der Waals surface area (Å²) in [5.74, 6) is 0.837. The molecule has 0 bridgehead atoms. The summed E-state index contributed by atoms with van der Waals surface area (Å²) in [6.45, 7) is 2.65. The predicted octanol–water partition coefficient (Wildman–Crippen LogP) is 3.67. The molecular weight excluding hydrogens is 260 g/mol. The maximum Gasteiger partial charge on any atom is 0.128 e. The van der Waals surface area contributed by atoms with Crippen LogP contribution in [0.15, 0.2) is 36.4 Å². The van der Waals surface area contributed by atoms with Gasteiger partial charge in [0.2, 0.25) is 0 Å². The highest BCUT2D eigenvalue weighted by molar-refractivity contribution is 6.30. The molecule has 1 aliphatic heterocycles. The van der Waals surface area contributed by atoms with Crippen LogP contribution in [0.2, 0.25) is 5.02 Å². The van der Waals surface area contributed by atoms with Crippen LogP contribution in [0.4, 0.5) is 0 Å². The molecule has 0 spiro atoms. The zero-order valence-electron chi connectivity index (χ0n) is 10.7. The number of ether oxygens (including phenoxy) is 1. The summed E-state index contributed by atoms with van der Waals surface area (Å²) in [4.78, 5) is 0. The minimum atomic E-state index is -0.676. The molecule has 98 valence electrons. The molecule has 2 nitrogen and oxygen atoms in total. The van der Waals surface area contributed by atoms with Crippen LogP contribution in [-0.4, -0.2) is 11.7 Å². The van der Waals surface area contributed by atoms with Crippen molar-refractivity contribution < 1.29 is 9.84 Å². The van der Waals surface area contributed by atoms with E-state index in [0.29, 0.717) is 11.6 Å². The van der Waals surface area contributed by atoms with Gasteiger partial charge < -0.3 is 9.84 Å². The van der Waals surface area contributed by atoms with Gasteiger partial charge in [-0.15, -0.1) is 0 Å². The van der Waals surface area contributed by atoms with Gasteiger partial charge in [0.25, 0.3) is 0 Å². The molecule has 2 aromatic rings. The van der Waals surface area contributed by atoms with Crippen LogP contribution in [0.3, 0.4) is 0 Å². The lowest BCUT2D eigenvalue weighted by Crippen LogP contribution is -2.04. The molecule has 0 saturated carbocycles. The molecular formula is C16H15ClO2. The first-order valence-electron chi connectivity index (χ1n) is 6.35. The average Bonchev–Trinajstić information content (AvgIpc) is 2.86. The minimum Gasteiger partial charge on any atom is -0.493 e.